The Morgan fingerprint density at radius 1 is 1.35 bits per heavy atom. The first-order valence-electron chi connectivity index (χ1n) is 5.45. The zero-order valence-electron chi connectivity index (χ0n) is 10.3. The molecular formula is C13H9BrFNO3S. The topological polar surface area (TPSA) is 55.4 Å². The molecule has 104 valence electrons. The molecule has 0 unspecified atom stereocenters. The number of carbonyl (C=O) groups is 2. The van der Waals surface area contributed by atoms with E-state index in [0.717, 1.165) is 0 Å². The third-order valence-electron chi connectivity index (χ3n) is 2.46. The van der Waals surface area contributed by atoms with Crippen LogP contribution in [0.15, 0.2) is 34.1 Å². The molecule has 7 heteroatoms. The van der Waals surface area contributed by atoms with Crippen LogP contribution in [0.2, 0.25) is 0 Å². The number of benzene rings is 1. The van der Waals surface area contributed by atoms with Crippen LogP contribution in [0.5, 0.6) is 0 Å². The highest BCUT2D eigenvalue weighted by Crippen LogP contribution is 2.25. The van der Waals surface area contributed by atoms with Gasteiger partial charge in [0.2, 0.25) is 0 Å². The van der Waals surface area contributed by atoms with E-state index in [2.05, 4.69) is 26.0 Å². The van der Waals surface area contributed by atoms with Gasteiger partial charge in [0, 0.05) is 4.47 Å². The summed E-state index contributed by atoms with van der Waals surface area (Å²) < 4.78 is 17.9. The van der Waals surface area contributed by atoms with Crippen molar-refractivity contribution in [1.29, 1.82) is 0 Å². The van der Waals surface area contributed by atoms with Gasteiger partial charge < -0.3 is 10.1 Å². The summed E-state index contributed by atoms with van der Waals surface area (Å²) >= 11 is 4.29. The molecule has 1 aromatic heterocycles. The van der Waals surface area contributed by atoms with Crippen LogP contribution in [0, 0.1) is 5.82 Å². The van der Waals surface area contributed by atoms with Gasteiger partial charge in [-0.2, -0.15) is 0 Å². The normalized spacial score (nSPS) is 10.2. The van der Waals surface area contributed by atoms with Crippen LogP contribution < -0.4 is 5.32 Å². The largest absolute Gasteiger partial charge is 0.465 e. The Kier molecular flexibility index (Phi) is 4.51. The Morgan fingerprint density at radius 2 is 2.10 bits per heavy atom. The lowest BCUT2D eigenvalue weighted by Crippen LogP contribution is -2.14. The van der Waals surface area contributed by atoms with Crippen LogP contribution in [0.3, 0.4) is 0 Å². The molecule has 1 amide bonds. The summed E-state index contributed by atoms with van der Waals surface area (Å²) in [5.41, 5.74) is 0.636. The van der Waals surface area contributed by atoms with Crippen molar-refractivity contribution in [2.24, 2.45) is 0 Å². The Balaban J connectivity index is 2.24. The molecule has 0 saturated carbocycles. The lowest BCUT2D eigenvalue weighted by Gasteiger charge is -2.07. The van der Waals surface area contributed by atoms with Crippen molar-refractivity contribution >= 4 is 44.8 Å². The molecule has 1 N–H and O–H groups in total. The fourth-order valence-electron chi connectivity index (χ4n) is 1.52. The molecule has 0 bridgehead atoms. The van der Waals surface area contributed by atoms with E-state index in [-0.39, 0.29) is 5.56 Å². The minimum absolute atomic E-state index is 0.272. The number of carbonyl (C=O) groups excluding carboxylic acids is 2. The van der Waals surface area contributed by atoms with Gasteiger partial charge in [0.1, 0.15) is 10.7 Å². The number of nitrogens with one attached hydrogen (secondary N) is 1. The van der Waals surface area contributed by atoms with E-state index < -0.39 is 17.7 Å². The molecule has 0 aliphatic heterocycles. The molecule has 0 spiro atoms. The number of esters is 1. The quantitative estimate of drug-likeness (QED) is 0.852. The van der Waals surface area contributed by atoms with E-state index in [4.69, 9.17) is 0 Å². The van der Waals surface area contributed by atoms with Gasteiger partial charge in [0.15, 0.2) is 0 Å². The Labute approximate surface area is 126 Å². The van der Waals surface area contributed by atoms with Crippen LogP contribution in [0.4, 0.5) is 10.1 Å². The molecular weight excluding hydrogens is 349 g/mol. The first-order chi connectivity index (χ1) is 9.52. The number of rotatable bonds is 3. The number of ether oxygens (including phenoxy) is 1. The fraction of sp³-hybridized carbons (Fsp3) is 0.0769. The minimum atomic E-state index is -0.520. The van der Waals surface area contributed by atoms with Gasteiger partial charge in [-0.05, 0) is 45.6 Å². The Morgan fingerprint density at radius 3 is 2.75 bits per heavy atom. The summed E-state index contributed by atoms with van der Waals surface area (Å²) in [4.78, 5) is 23.9. The summed E-state index contributed by atoms with van der Waals surface area (Å²) in [6, 6.07) is 5.35. The zero-order chi connectivity index (χ0) is 14.7. The van der Waals surface area contributed by atoms with Gasteiger partial charge in [-0.15, -0.1) is 11.3 Å². The second-order valence-corrected chi connectivity index (χ2v) is 5.50. The van der Waals surface area contributed by atoms with E-state index in [0.29, 0.717) is 15.0 Å². The van der Waals surface area contributed by atoms with Gasteiger partial charge >= 0.3 is 5.97 Å². The summed E-state index contributed by atoms with van der Waals surface area (Å²) in [5, 5.41) is 4.27. The number of amides is 1. The summed E-state index contributed by atoms with van der Waals surface area (Å²) in [6.07, 6.45) is 0. The minimum Gasteiger partial charge on any atom is -0.465 e. The van der Waals surface area contributed by atoms with Crippen molar-refractivity contribution < 1.29 is 18.7 Å². The SMILES string of the molecule is COC(=O)c1sccc1NC(=O)c1ccc(F)cc1Br. The average molecular weight is 358 g/mol. The lowest BCUT2D eigenvalue weighted by atomic mass is 10.2. The van der Waals surface area contributed by atoms with Gasteiger partial charge in [-0.25, -0.2) is 9.18 Å². The van der Waals surface area contributed by atoms with E-state index >= 15 is 0 Å². The molecule has 4 nitrogen and oxygen atoms in total. The molecule has 0 fully saturated rings. The first kappa shape index (κ1) is 14.7. The number of hydrogen-bond acceptors (Lipinski definition) is 4. The molecule has 0 aliphatic carbocycles. The van der Waals surface area contributed by atoms with Crippen LogP contribution in [-0.2, 0) is 4.74 Å². The second kappa shape index (κ2) is 6.15. The Bertz CT molecular complexity index is 671. The van der Waals surface area contributed by atoms with E-state index in [1.807, 2.05) is 0 Å². The highest BCUT2D eigenvalue weighted by molar-refractivity contribution is 9.10. The van der Waals surface area contributed by atoms with E-state index in [1.54, 1.807) is 11.4 Å². The maximum absolute atomic E-state index is 13.0. The monoisotopic (exact) mass is 357 g/mol. The third kappa shape index (κ3) is 3.05. The molecule has 0 saturated heterocycles. The van der Waals surface area contributed by atoms with Gasteiger partial charge in [-0.3, -0.25) is 4.79 Å². The van der Waals surface area contributed by atoms with Crippen LogP contribution in [0.1, 0.15) is 20.0 Å². The van der Waals surface area contributed by atoms with Gasteiger partial charge in [-0.1, -0.05) is 0 Å². The van der Waals surface area contributed by atoms with E-state index in [9.17, 15) is 14.0 Å². The fourth-order valence-corrected chi connectivity index (χ4v) is 2.82. The molecule has 20 heavy (non-hydrogen) atoms. The van der Waals surface area contributed by atoms with Crippen LogP contribution >= 0.6 is 27.3 Å². The summed E-state index contributed by atoms with van der Waals surface area (Å²) in [5.74, 6) is -1.41. The highest BCUT2D eigenvalue weighted by Gasteiger charge is 2.17. The predicted molar refractivity (Wildman–Crippen MR) is 77.7 cm³/mol. The molecule has 2 rings (SSSR count). The van der Waals surface area contributed by atoms with Crippen LogP contribution in [0.25, 0.3) is 0 Å². The molecule has 1 heterocycles. The van der Waals surface area contributed by atoms with Crippen LogP contribution in [-0.4, -0.2) is 19.0 Å². The number of thiophene rings is 1. The van der Waals surface area contributed by atoms with E-state index in [1.165, 1.54) is 36.6 Å². The number of anilines is 1. The highest BCUT2D eigenvalue weighted by atomic mass is 79.9. The Hall–Kier alpha value is -1.73. The van der Waals surface area contributed by atoms with Crippen molar-refractivity contribution in [3.05, 3.63) is 50.4 Å². The summed E-state index contributed by atoms with van der Waals surface area (Å²) in [6.45, 7) is 0. The van der Waals surface area contributed by atoms with Crippen molar-refractivity contribution in [3.63, 3.8) is 0 Å². The maximum atomic E-state index is 13.0. The standard InChI is InChI=1S/C13H9BrFNO3S/c1-19-13(18)11-10(4-5-20-11)16-12(17)8-3-2-7(15)6-9(8)14/h2-6H,1H3,(H,16,17). The third-order valence-corrected chi connectivity index (χ3v) is 4.01. The smallest absolute Gasteiger partial charge is 0.350 e. The summed E-state index contributed by atoms with van der Waals surface area (Å²) in [7, 11) is 1.27. The molecule has 0 atom stereocenters. The van der Waals surface area contributed by atoms with Gasteiger partial charge in [0.25, 0.3) is 5.91 Å². The zero-order valence-corrected chi connectivity index (χ0v) is 12.7. The molecule has 1 aromatic carbocycles. The number of hydrogen-bond donors (Lipinski definition) is 1. The molecule has 0 aliphatic rings. The van der Waals surface area contributed by atoms with Gasteiger partial charge in [0.05, 0.1) is 18.4 Å². The predicted octanol–water partition coefficient (Wildman–Crippen LogP) is 3.69. The average Bonchev–Trinajstić information content (AvgIpc) is 2.85. The maximum Gasteiger partial charge on any atom is 0.350 e. The molecule has 0 radical (unpaired) electrons. The van der Waals surface area contributed by atoms with Crippen molar-refractivity contribution in [2.45, 2.75) is 0 Å². The number of methoxy groups -OCH3 is 1. The van der Waals surface area contributed by atoms with Crippen molar-refractivity contribution in [3.8, 4) is 0 Å². The molecule has 2 aromatic rings. The van der Waals surface area contributed by atoms with Crippen molar-refractivity contribution in [2.75, 3.05) is 12.4 Å². The first-order valence-corrected chi connectivity index (χ1v) is 7.12. The second-order valence-electron chi connectivity index (χ2n) is 3.73. The number of halogens is 2. The van der Waals surface area contributed by atoms with Crippen molar-refractivity contribution in [1.82, 2.24) is 0 Å². The lowest BCUT2D eigenvalue weighted by molar-refractivity contribution is 0.0607.